The standard InChI is InChI=1S/C17H24N2O2S/c1-22-14-7-6-13(10-14)18-17(21)19-9-8-12-4-2-3-5-15(12)16(19)11-20/h2-5,13-14,16,20H,6-11H2,1H3,(H,18,21)/t13-,14-,16-/m1/s1. The van der Waals surface area contributed by atoms with Crippen molar-refractivity contribution in [3.8, 4) is 0 Å². The van der Waals surface area contributed by atoms with Gasteiger partial charge in [0.2, 0.25) is 0 Å². The maximum atomic E-state index is 12.6. The SMILES string of the molecule is CS[C@@H]1CC[C@@H](NC(=O)N2CCc3ccccc3[C@H]2CO)C1. The van der Waals surface area contributed by atoms with Crippen molar-refractivity contribution in [1.29, 1.82) is 0 Å². The van der Waals surface area contributed by atoms with Crippen LogP contribution in [0.3, 0.4) is 0 Å². The van der Waals surface area contributed by atoms with Gasteiger partial charge in [-0.05, 0) is 43.1 Å². The molecule has 0 bridgehead atoms. The number of amides is 2. The van der Waals surface area contributed by atoms with Crippen molar-refractivity contribution in [3.63, 3.8) is 0 Å². The second kappa shape index (κ2) is 6.92. The normalized spacial score (nSPS) is 27.5. The molecule has 1 aromatic carbocycles. The summed E-state index contributed by atoms with van der Waals surface area (Å²) in [6.45, 7) is 0.648. The molecule has 1 aromatic rings. The summed E-state index contributed by atoms with van der Waals surface area (Å²) in [6, 6.07) is 8.14. The fourth-order valence-corrected chi connectivity index (χ4v) is 4.43. The van der Waals surface area contributed by atoms with Crippen LogP contribution in [0.5, 0.6) is 0 Å². The predicted octanol–water partition coefficient (Wildman–Crippen LogP) is 2.57. The van der Waals surface area contributed by atoms with Gasteiger partial charge in [0, 0.05) is 17.8 Å². The molecule has 2 aliphatic rings. The molecule has 1 aliphatic carbocycles. The summed E-state index contributed by atoms with van der Waals surface area (Å²) in [5, 5.41) is 13.6. The lowest BCUT2D eigenvalue weighted by molar-refractivity contribution is 0.125. The second-order valence-corrected chi connectivity index (χ2v) is 7.30. The Kier molecular flexibility index (Phi) is 4.93. The lowest BCUT2D eigenvalue weighted by Gasteiger charge is -2.37. The van der Waals surface area contributed by atoms with E-state index in [0.717, 1.165) is 24.8 Å². The van der Waals surface area contributed by atoms with E-state index in [4.69, 9.17) is 0 Å². The highest BCUT2D eigenvalue weighted by molar-refractivity contribution is 7.99. The minimum absolute atomic E-state index is 0.0253. The molecule has 0 saturated heterocycles. The van der Waals surface area contributed by atoms with Gasteiger partial charge in [-0.3, -0.25) is 0 Å². The van der Waals surface area contributed by atoms with Crippen molar-refractivity contribution in [2.45, 2.75) is 43.0 Å². The Hall–Kier alpha value is -1.20. The predicted molar refractivity (Wildman–Crippen MR) is 90.2 cm³/mol. The summed E-state index contributed by atoms with van der Waals surface area (Å²) in [4.78, 5) is 14.4. The molecule has 22 heavy (non-hydrogen) atoms. The lowest BCUT2D eigenvalue weighted by Crippen LogP contribution is -2.49. The average molecular weight is 320 g/mol. The molecule has 0 unspecified atom stereocenters. The van der Waals surface area contributed by atoms with E-state index in [1.807, 2.05) is 30.0 Å². The molecule has 3 atom stereocenters. The first-order valence-electron chi connectivity index (χ1n) is 8.01. The molecule has 1 saturated carbocycles. The van der Waals surface area contributed by atoms with Crippen LogP contribution in [0.15, 0.2) is 24.3 Å². The van der Waals surface area contributed by atoms with Crippen LogP contribution >= 0.6 is 11.8 Å². The minimum atomic E-state index is -0.220. The molecule has 1 heterocycles. The smallest absolute Gasteiger partial charge is 0.318 e. The minimum Gasteiger partial charge on any atom is -0.394 e. The summed E-state index contributed by atoms with van der Waals surface area (Å²) in [5.41, 5.74) is 2.33. The van der Waals surface area contributed by atoms with Crippen molar-refractivity contribution in [2.24, 2.45) is 0 Å². The van der Waals surface area contributed by atoms with Gasteiger partial charge < -0.3 is 15.3 Å². The largest absolute Gasteiger partial charge is 0.394 e. The van der Waals surface area contributed by atoms with Crippen LogP contribution in [0.25, 0.3) is 0 Å². The van der Waals surface area contributed by atoms with Crippen molar-refractivity contribution < 1.29 is 9.90 Å². The quantitative estimate of drug-likeness (QED) is 0.900. The van der Waals surface area contributed by atoms with Gasteiger partial charge in [0.05, 0.1) is 12.6 Å². The summed E-state index contributed by atoms with van der Waals surface area (Å²) in [7, 11) is 0. The summed E-state index contributed by atoms with van der Waals surface area (Å²) in [6.07, 6.45) is 6.29. The highest BCUT2D eigenvalue weighted by Gasteiger charge is 2.32. The Bertz CT molecular complexity index is 537. The molecule has 120 valence electrons. The van der Waals surface area contributed by atoms with Gasteiger partial charge in [-0.2, -0.15) is 11.8 Å². The number of aliphatic hydroxyl groups excluding tert-OH is 1. The first kappa shape index (κ1) is 15.7. The zero-order valence-electron chi connectivity index (χ0n) is 13.0. The van der Waals surface area contributed by atoms with E-state index >= 15 is 0 Å². The number of hydrogen-bond donors (Lipinski definition) is 2. The zero-order valence-corrected chi connectivity index (χ0v) is 13.8. The molecule has 3 rings (SSSR count). The van der Waals surface area contributed by atoms with Gasteiger partial charge in [0.1, 0.15) is 0 Å². The first-order chi connectivity index (χ1) is 10.7. The van der Waals surface area contributed by atoms with Crippen molar-refractivity contribution in [3.05, 3.63) is 35.4 Å². The van der Waals surface area contributed by atoms with E-state index in [1.54, 1.807) is 4.90 Å². The molecule has 1 aliphatic heterocycles. The van der Waals surface area contributed by atoms with Gasteiger partial charge >= 0.3 is 6.03 Å². The molecule has 2 amide bonds. The van der Waals surface area contributed by atoms with E-state index < -0.39 is 0 Å². The third kappa shape index (κ3) is 3.10. The van der Waals surface area contributed by atoms with E-state index in [-0.39, 0.29) is 24.7 Å². The summed E-state index contributed by atoms with van der Waals surface area (Å²) >= 11 is 1.89. The third-order valence-corrected chi connectivity index (χ3v) is 5.99. The Labute approximate surface area is 136 Å². The monoisotopic (exact) mass is 320 g/mol. The number of thioether (sulfide) groups is 1. The summed E-state index contributed by atoms with van der Waals surface area (Å²) in [5.74, 6) is 0. The highest BCUT2D eigenvalue weighted by atomic mass is 32.2. The van der Waals surface area contributed by atoms with Crippen LogP contribution in [0.2, 0.25) is 0 Å². The Morgan fingerprint density at radius 1 is 1.41 bits per heavy atom. The maximum absolute atomic E-state index is 12.6. The fraction of sp³-hybridized carbons (Fsp3) is 0.588. The third-order valence-electron chi connectivity index (χ3n) is 4.89. The number of fused-ring (bicyclic) bond motifs is 1. The van der Waals surface area contributed by atoms with E-state index in [2.05, 4.69) is 17.6 Å². The maximum Gasteiger partial charge on any atom is 0.318 e. The van der Waals surface area contributed by atoms with Gasteiger partial charge in [0.25, 0.3) is 0 Å². The number of hydrogen-bond acceptors (Lipinski definition) is 3. The van der Waals surface area contributed by atoms with Crippen molar-refractivity contribution >= 4 is 17.8 Å². The number of urea groups is 1. The van der Waals surface area contributed by atoms with Gasteiger partial charge in [-0.15, -0.1) is 0 Å². The lowest BCUT2D eigenvalue weighted by atomic mass is 9.93. The topological polar surface area (TPSA) is 52.6 Å². The molecule has 5 heteroatoms. The number of nitrogens with one attached hydrogen (secondary N) is 1. The van der Waals surface area contributed by atoms with Crippen LogP contribution in [0.4, 0.5) is 4.79 Å². The van der Waals surface area contributed by atoms with E-state index in [1.165, 1.54) is 12.0 Å². The van der Waals surface area contributed by atoms with Crippen molar-refractivity contribution in [1.82, 2.24) is 10.2 Å². The molecular formula is C17H24N2O2S. The number of aliphatic hydroxyl groups is 1. The zero-order chi connectivity index (χ0) is 15.5. The van der Waals surface area contributed by atoms with Crippen LogP contribution in [-0.4, -0.2) is 46.7 Å². The molecule has 1 fully saturated rings. The molecular weight excluding hydrogens is 296 g/mol. The van der Waals surface area contributed by atoms with Gasteiger partial charge in [-0.1, -0.05) is 24.3 Å². The Balaban J connectivity index is 1.68. The molecule has 4 nitrogen and oxygen atoms in total. The molecule has 0 aromatic heterocycles. The number of carbonyl (C=O) groups is 1. The van der Waals surface area contributed by atoms with E-state index in [9.17, 15) is 9.90 Å². The first-order valence-corrected chi connectivity index (χ1v) is 9.30. The Morgan fingerprint density at radius 2 is 2.23 bits per heavy atom. The number of nitrogens with zero attached hydrogens (tertiary/aromatic N) is 1. The van der Waals surface area contributed by atoms with Gasteiger partial charge in [-0.25, -0.2) is 4.79 Å². The average Bonchev–Trinajstić information content (AvgIpc) is 3.01. The van der Waals surface area contributed by atoms with Crippen molar-refractivity contribution in [2.75, 3.05) is 19.4 Å². The Morgan fingerprint density at radius 3 is 2.95 bits per heavy atom. The number of carbonyl (C=O) groups excluding carboxylic acids is 1. The molecule has 0 radical (unpaired) electrons. The number of rotatable bonds is 3. The fourth-order valence-electron chi connectivity index (χ4n) is 3.63. The highest BCUT2D eigenvalue weighted by Crippen LogP contribution is 2.31. The van der Waals surface area contributed by atoms with Crippen LogP contribution in [0, 0.1) is 0 Å². The van der Waals surface area contributed by atoms with Gasteiger partial charge in [0.15, 0.2) is 0 Å². The second-order valence-electron chi connectivity index (χ2n) is 6.16. The molecule has 0 spiro atoms. The van der Waals surface area contributed by atoms with Crippen LogP contribution in [-0.2, 0) is 6.42 Å². The number of benzene rings is 1. The van der Waals surface area contributed by atoms with Crippen LogP contribution < -0.4 is 5.32 Å². The summed E-state index contributed by atoms with van der Waals surface area (Å²) < 4.78 is 0. The molecule has 2 N–H and O–H groups in total. The van der Waals surface area contributed by atoms with Crippen LogP contribution in [0.1, 0.15) is 36.4 Å². The van der Waals surface area contributed by atoms with E-state index in [0.29, 0.717) is 11.8 Å².